The van der Waals surface area contributed by atoms with Crippen LogP contribution in [0.3, 0.4) is 0 Å². The number of nitrogens with one attached hydrogen (secondary N) is 1. The number of hydrogen-bond acceptors (Lipinski definition) is 2. The minimum atomic E-state index is -0.129. The summed E-state index contributed by atoms with van der Waals surface area (Å²) in [6, 6.07) is 10.4. The van der Waals surface area contributed by atoms with E-state index in [1.165, 1.54) is 19.3 Å². The molecule has 2 rings (SSSR count). The van der Waals surface area contributed by atoms with Crippen molar-refractivity contribution in [2.24, 2.45) is 5.73 Å². The van der Waals surface area contributed by atoms with E-state index < -0.39 is 0 Å². The summed E-state index contributed by atoms with van der Waals surface area (Å²) < 4.78 is 0. The second kappa shape index (κ2) is 5.37. The standard InChI is InChI=1S/C15H22N2/c1-2-14(15(16)11-7-4-8-12-15)17-13-9-5-3-6-10-13/h2-3,5-6,9-10,14,17H,1,4,7-8,11-12,16H2. The van der Waals surface area contributed by atoms with Gasteiger partial charge in [-0.05, 0) is 25.0 Å². The zero-order chi connectivity index (χ0) is 12.1. The predicted octanol–water partition coefficient (Wildman–Crippen LogP) is 3.31. The highest BCUT2D eigenvalue weighted by molar-refractivity contribution is 5.45. The second-order valence-corrected chi connectivity index (χ2v) is 5.02. The van der Waals surface area contributed by atoms with Crippen molar-refractivity contribution in [2.45, 2.75) is 43.7 Å². The summed E-state index contributed by atoms with van der Waals surface area (Å²) in [4.78, 5) is 0. The molecule has 1 atom stereocenters. The van der Waals surface area contributed by atoms with Gasteiger partial charge in [-0.1, -0.05) is 43.5 Å². The van der Waals surface area contributed by atoms with Gasteiger partial charge in [0.25, 0.3) is 0 Å². The van der Waals surface area contributed by atoms with Gasteiger partial charge in [0.15, 0.2) is 0 Å². The molecule has 2 nitrogen and oxygen atoms in total. The van der Waals surface area contributed by atoms with Crippen LogP contribution >= 0.6 is 0 Å². The molecule has 1 saturated carbocycles. The van der Waals surface area contributed by atoms with E-state index in [1.807, 2.05) is 24.3 Å². The lowest BCUT2D eigenvalue weighted by Crippen LogP contribution is -2.54. The maximum atomic E-state index is 6.53. The van der Waals surface area contributed by atoms with Gasteiger partial charge < -0.3 is 11.1 Å². The van der Waals surface area contributed by atoms with Gasteiger partial charge in [0.2, 0.25) is 0 Å². The van der Waals surface area contributed by atoms with Crippen LogP contribution < -0.4 is 11.1 Å². The molecule has 0 spiro atoms. The first-order valence-electron chi connectivity index (χ1n) is 6.48. The minimum Gasteiger partial charge on any atom is -0.377 e. The number of hydrogen-bond donors (Lipinski definition) is 2. The third-order valence-electron chi connectivity index (χ3n) is 3.74. The first kappa shape index (κ1) is 12.2. The Morgan fingerprint density at radius 2 is 1.82 bits per heavy atom. The highest BCUT2D eigenvalue weighted by Gasteiger charge is 2.34. The Kier molecular flexibility index (Phi) is 3.85. The number of rotatable bonds is 4. The Morgan fingerprint density at radius 3 is 2.41 bits per heavy atom. The second-order valence-electron chi connectivity index (χ2n) is 5.02. The first-order chi connectivity index (χ1) is 8.24. The van der Waals surface area contributed by atoms with Gasteiger partial charge in [0.1, 0.15) is 0 Å². The van der Waals surface area contributed by atoms with Crippen LogP contribution in [0.15, 0.2) is 43.0 Å². The Bertz CT molecular complexity index is 352. The Labute approximate surface area is 104 Å². The Morgan fingerprint density at radius 1 is 1.18 bits per heavy atom. The van der Waals surface area contributed by atoms with Crippen molar-refractivity contribution in [3.05, 3.63) is 43.0 Å². The molecule has 0 aliphatic heterocycles. The molecule has 0 heterocycles. The molecular weight excluding hydrogens is 208 g/mol. The van der Waals surface area contributed by atoms with Crippen LogP contribution in [0.4, 0.5) is 5.69 Å². The molecule has 1 aromatic carbocycles. The molecular formula is C15H22N2. The van der Waals surface area contributed by atoms with E-state index in [0.717, 1.165) is 18.5 Å². The summed E-state index contributed by atoms with van der Waals surface area (Å²) >= 11 is 0. The molecule has 0 aromatic heterocycles. The molecule has 0 saturated heterocycles. The van der Waals surface area contributed by atoms with Crippen LogP contribution in [-0.4, -0.2) is 11.6 Å². The highest BCUT2D eigenvalue weighted by atomic mass is 15.0. The monoisotopic (exact) mass is 230 g/mol. The Hall–Kier alpha value is -1.28. The molecule has 0 radical (unpaired) electrons. The van der Waals surface area contributed by atoms with Crippen molar-refractivity contribution in [1.29, 1.82) is 0 Å². The van der Waals surface area contributed by atoms with Crippen molar-refractivity contribution in [1.82, 2.24) is 0 Å². The first-order valence-corrected chi connectivity index (χ1v) is 6.48. The molecule has 1 aliphatic rings. The molecule has 3 N–H and O–H groups in total. The predicted molar refractivity (Wildman–Crippen MR) is 74.1 cm³/mol. The highest BCUT2D eigenvalue weighted by Crippen LogP contribution is 2.30. The van der Waals surface area contributed by atoms with Crippen LogP contribution in [0.2, 0.25) is 0 Å². The maximum absolute atomic E-state index is 6.53. The molecule has 1 aliphatic carbocycles. The summed E-state index contributed by atoms with van der Waals surface area (Å²) in [6.07, 6.45) is 7.91. The van der Waals surface area contributed by atoms with Gasteiger partial charge in [-0.2, -0.15) is 0 Å². The van der Waals surface area contributed by atoms with E-state index in [4.69, 9.17) is 5.73 Å². The number of para-hydroxylation sites is 1. The smallest absolute Gasteiger partial charge is 0.0621 e. The molecule has 92 valence electrons. The third-order valence-corrected chi connectivity index (χ3v) is 3.74. The zero-order valence-electron chi connectivity index (χ0n) is 10.4. The fraction of sp³-hybridized carbons (Fsp3) is 0.467. The van der Waals surface area contributed by atoms with E-state index >= 15 is 0 Å². The number of anilines is 1. The van der Waals surface area contributed by atoms with Gasteiger partial charge in [-0.25, -0.2) is 0 Å². The molecule has 0 bridgehead atoms. The van der Waals surface area contributed by atoms with E-state index in [9.17, 15) is 0 Å². The quantitative estimate of drug-likeness (QED) is 0.779. The molecule has 0 amide bonds. The van der Waals surface area contributed by atoms with Crippen LogP contribution in [0.5, 0.6) is 0 Å². The lowest BCUT2D eigenvalue weighted by molar-refractivity contribution is 0.281. The zero-order valence-corrected chi connectivity index (χ0v) is 10.4. The van der Waals surface area contributed by atoms with Crippen LogP contribution in [0.1, 0.15) is 32.1 Å². The average Bonchev–Trinajstić information content (AvgIpc) is 2.38. The van der Waals surface area contributed by atoms with Gasteiger partial charge in [0, 0.05) is 11.2 Å². The molecule has 1 unspecified atom stereocenters. The van der Waals surface area contributed by atoms with E-state index in [2.05, 4.69) is 24.0 Å². The normalized spacial score (nSPS) is 20.5. The molecule has 17 heavy (non-hydrogen) atoms. The summed E-state index contributed by atoms with van der Waals surface area (Å²) in [5, 5.41) is 3.50. The molecule has 1 fully saturated rings. The van der Waals surface area contributed by atoms with E-state index in [-0.39, 0.29) is 11.6 Å². The van der Waals surface area contributed by atoms with Crippen LogP contribution in [0, 0.1) is 0 Å². The summed E-state index contributed by atoms with van der Waals surface area (Å²) in [5.74, 6) is 0. The maximum Gasteiger partial charge on any atom is 0.0621 e. The summed E-state index contributed by atoms with van der Waals surface area (Å²) in [5.41, 5.74) is 7.52. The van der Waals surface area contributed by atoms with Crippen LogP contribution in [0.25, 0.3) is 0 Å². The SMILES string of the molecule is C=CC(Nc1ccccc1)C1(N)CCCCC1. The minimum absolute atomic E-state index is 0.129. The van der Waals surface area contributed by atoms with Gasteiger partial charge in [0.05, 0.1) is 6.04 Å². The summed E-state index contributed by atoms with van der Waals surface area (Å²) in [7, 11) is 0. The van der Waals surface area contributed by atoms with Crippen molar-refractivity contribution >= 4 is 5.69 Å². The lowest BCUT2D eigenvalue weighted by Gasteiger charge is -2.39. The molecule has 2 heteroatoms. The van der Waals surface area contributed by atoms with Gasteiger partial charge >= 0.3 is 0 Å². The van der Waals surface area contributed by atoms with Crippen LogP contribution in [-0.2, 0) is 0 Å². The number of nitrogens with two attached hydrogens (primary N) is 1. The lowest BCUT2D eigenvalue weighted by atomic mass is 9.77. The van der Waals surface area contributed by atoms with Crippen molar-refractivity contribution < 1.29 is 0 Å². The van der Waals surface area contributed by atoms with Crippen molar-refractivity contribution in [3.8, 4) is 0 Å². The largest absolute Gasteiger partial charge is 0.377 e. The fourth-order valence-electron chi connectivity index (χ4n) is 2.67. The van der Waals surface area contributed by atoms with Crippen molar-refractivity contribution in [2.75, 3.05) is 5.32 Å². The van der Waals surface area contributed by atoms with Crippen molar-refractivity contribution in [3.63, 3.8) is 0 Å². The van der Waals surface area contributed by atoms with E-state index in [1.54, 1.807) is 0 Å². The van der Waals surface area contributed by atoms with E-state index in [0.29, 0.717) is 0 Å². The third kappa shape index (κ3) is 2.89. The topological polar surface area (TPSA) is 38.0 Å². The van der Waals surface area contributed by atoms with Gasteiger partial charge in [-0.3, -0.25) is 0 Å². The number of benzene rings is 1. The summed E-state index contributed by atoms with van der Waals surface area (Å²) in [6.45, 7) is 3.94. The molecule has 1 aromatic rings. The Balaban J connectivity index is 2.08. The van der Waals surface area contributed by atoms with Gasteiger partial charge in [-0.15, -0.1) is 6.58 Å². The average molecular weight is 230 g/mol. The fourth-order valence-corrected chi connectivity index (χ4v) is 2.67.